The zero-order valence-corrected chi connectivity index (χ0v) is 11.5. The minimum Gasteiger partial charge on any atom is -0.460 e. The van der Waals surface area contributed by atoms with Crippen molar-refractivity contribution in [1.82, 2.24) is 0 Å². The quantitative estimate of drug-likeness (QED) is 0.777. The van der Waals surface area contributed by atoms with Crippen LogP contribution in [0.5, 0.6) is 0 Å². The van der Waals surface area contributed by atoms with Crippen molar-refractivity contribution in [3.05, 3.63) is 35.1 Å². The Bertz CT molecular complexity index is 583. The average Bonchev–Trinajstić information content (AvgIpc) is 2.75. The molecule has 0 saturated heterocycles. The lowest BCUT2D eigenvalue weighted by atomic mass is 10.0. The Morgan fingerprint density at radius 3 is 2.84 bits per heavy atom. The van der Waals surface area contributed by atoms with Crippen LogP contribution >= 0.6 is 0 Å². The van der Waals surface area contributed by atoms with Gasteiger partial charge in [0.05, 0.1) is 13.2 Å². The summed E-state index contributed by atoms with van der Waals surface area (Å²) in [6, 6.07) is 5.81. The maximum atomic E-state index is 11.8. The van der Waals surface area contributed by atoms with Gasteiger partial charge in [0.15, 0.2) is 0 Å². The van der Waals surface area contributed by atoms with Crippen molar-refractivity contribution >= 4 is 16.9 Å². The van der Waals surface area contributed by atoms with Crippen LogP contribution in [0.1, 0.15) is 28.6 Å². The number of aryl methyl sites for hydroxylation is 1. The highest BCUT2D eigenvalue weighted by atomic mass is 16.5. The van der Waals surface area contributed by atoms with Gasteiger partial charge in [-0.15, -0.1) is 0 Å². The fraction of sp³-hybridized carbons (Fsp3) is 0.400. The van der Waals surface area contributed by atoms with Gasteiger partial charge in [0, 0.05) is 18.1 Å². The van der Waals surface area contributed by atoms with Gasteiger partial charge < -0.3 is 13.9 Å². The summed E-state index contributed by atoms with van der Waals surface area (Å²) in [5.74, 6) is -0.115. The molecule has 2 rings (SSSR count). The topological polar surface area (TPSA) is 48.7 Å². The Labute approximate surface area is 112 Å². The summed E-state index contributed by atoms with van der Waals surface area (Å²) in [4.78, 5) is 11.8. The Hall–Kier alpha value is -1.81. The van der Waals surface area contributed by atoms with E-state index in [0.29, 0.717) is 24.6 Å². The molecule has 4 nitrogen and oxygen atoms in total. The van der Waals surface area contributed by atoms with Crippen molar-refractivity contribution in [2.45, 2.75) is 20.3 Å². The fourth-order valence-corrected chi connectivity index (χ4v) is 2.20. The third-order valence-corrected chi connectivity index (χ3v) is 3.08. The normalized spacial score (nSPS) is 10.9. The number of benzene rings is 1. The number of carbonyl (C=O) groups excluding carboxylic acids is 1. The zero-order valence-electron chi connectivity index (χ0n) is 11.5. The monoisotopic (exact) mass is 262 g/mol. The highest BCUT2D eigenvalue weighted by molar-refractivity contribution is 5.97. The molecule has 4 heteroatoms. The zero-order chi connectivity index (χ0) is 13.8. The van der Waals surface area contributed by atoms with Crippen LogP contribution in [0.4, 0.5) is 0 Å². The molecule has 0 saturated carbocycles. The average molecular weight is 262 g/mol. The summed E-state index contributed by atoms with van der Waals surface area (Å²) in [6.07, 6.45) is 0.788. The van der Waals surface area contributed by atoms with Gasteiger partial charge in [-0.05, 0) is 31.9 Å². The molecule has 1 heterocycles. The number of hydrogen-bond acceptors (Lipinski definition) is 4. The van der Waals surface area contributed by atoms with E-state index in [2.05, 4.69) is 0 Å². The van der Waals surface area contributed by atoms with Crippen LogP contribution in [0.2, 0.25) is 0 Å². The minimum absolute atomic E-state index is 0.293. The summed E-state index contributed by atoms with van der Waals surface area (Å²) in [6.45, 7) is 4.64. The van der Waals surface area contributed by atoms with Crippen molar-refractivity contribution in [2.75, 3.05) is 20.3 Å². The second-order valence-electron chi connectivity index (χ2n) is 4.31. The summed E-state index contributed by atoms with van der Waals surface area (Å²) >= 11 is 0. The summed E-state index contributed by atoms with van der Waals surface area (Å²) in [5, 5.41) is 0.989. The molecule has 1 aromatic carbocycles. The highest BCUT2D eigenvalue weighted by Crippen LogP contribution is 2.29. The number of furan rings is 1. The molecule has 102 valence electrons. The summed E-state index contributed by atoms with van der Waals surface area (Å²) in [5.41, 5.74) is 2.67. The van der Waals surface area contributed by atoms with Crippen molar-refractivity contribution in [3.63, 3.8) is 0 Å². The van der Waals surface area contributed by atoms with Gasteiger partial charge in [0.25, 0.3) is 0 Å². The molecular formula is C15H18O4. The largest absolute Gasteiger partial charge is 0.460 e. The number of carbonyl (C=O) groups is 1. The maximum absolute atomic E-state index is 11.8. The molecule has 0 aliphatic rings. The Morgan fingerprint density at radius 2 is 2.16 bits per heavy atom. The van der Waals surface area contributed by atoms with Crippen LogP contribution in [-0.4, -0.2) is 26.3 Å². The van der Waals surface area contributed by atoms with E-state index in [1.54, 1.807) is 14.0 Å². The first kappa shape index (κ1) is 13.6. The van der Waals surface area contributed by atoms with Crippen molar-refractivity contribution < 1.29 is 18.7 Å². The number of ether oxygens (including phenoxy) is 2. The van der Waals surface area contributed by atoms with Crippen LogP contribution < -0.4 is 0 Å². The van der Waals surface area contributed by atoms with E-state index in [0.717, 1.165) is 22.9 Å². The smallest absolute Gasteiger partial charge is 0.374 e. The SMILES string of the molecule is CCOC(=O)c1oc2cccc(CCOC)c2c1C. The molecule has 0 aliphatic heterocycles. The molecule has 0 aliphatic carbocycles. The first-order valence-corrected chi connectivity index (χ1v) is 6.36. The van der Waals surface area contributed by atoms with E-state index in [1.807, 2.05) is 25.1 Å². The number of fused-ring (bicyclic) bond motifs is 1. The molecule has 2 aromatic rings. The standard InChI is InChI=1S/C15H18O4/c1-4-18-15(16)14-10(2)13-11(8-9-17-3)6-5-7-12(13)19-14/h5-7H,4,8-9H2,1-3H3. The van der Waals surface area contributed by atoms with E-state index >= 15 is 0 Å². The molecular weight excluding hydrogens is 244 g/mol. The molecule has 0 N–H and O–H groups in total. The van der Waals surface area contributed by atoms with E-state index in [-0.39, 0.29) is 0 Å². The first-order valence-electron chi connectivity index (χ1n) is 6.36. The lowest BCUT2D eigenvalue weighted by molar-refractivity contribution is 0.0491. The molecule has 19 heavy (non-hydrogen) atoms. The van der Waals surface area contributed by atoms with Crippen molar-refractivity contribution in [2.24, 2.45) is 0 Å². The molecule has 0 amide bonds. The Morgan fingerprint density at radius 1 is 1.37 bits per heavy atom. The highest BCUT2D eigenvalue weighted by Gasteiger charge is 2.20. The molecule has 0 unspecified atom stereocenters. The van der Waals surface area contributed by atoms with Crippen LogP contribution in [0.25, 0.3) is 11.0 Å². The number of methoxy groups -OCH3 is 1. The lowest BCUT2D eigenvalue weighted by Crippen LogP contribution is -2.04. The van der Waals surface area contributed by atoms with Crippen molar-refractivity contribution in [1.29, 1.82) is 0 Å². The van der Waals surface area contributed by atoms with E-state index in [1.165, 1.54) is 0 Å². The minimum atomic E-state index is -0.408. The Balaban J connectivity index is 2.48. The third-order valence-electron chi connectivity index (χ3n) is 3.08. The molecule has 0 bridgehead atoms. The number of rotatable bonds is 5. The van der Waals surface area contributed by atoms with Gasteiger partial charge in [-0.25, -0.2) is 4.79 Å². The van der Waals surface area contributed by atoms with Crippen LogP contribution in [0.3, 0.4) is 0 Å². The van der Waals surface area contributed by atoms with Gasteiger partial charge in [-0.3, -0.25) is 0 Å². The second-order valence-corrected chi connectivity index (χ2v) is 4.31. The molecule has 0 spiro atoms. The van der Waals surface area contributed by atoms with Gasteiger partial charge in [0.1, 0.15) is 5.58 Å². The van der Waals surface area contributed by atoms with Gasteiger partial charge in [-0.2, -0.15) is 0 Å². The van der Waals surface area contributed by atoms with E-state index in [4.69, 9.17) is 13.9 Å². The van der Waals surface area contributed by atoms with Gasteiger partial charge in [-0.1, -0.05) is 12.1 Å². The predicted octanol–water partition coefficient (Wildman–Crippen LogP) is 3.11. The molecule has 0 fully saturated rings. The fourth-order valence-electron chi connectivity index (χ4n) is 2.20. The van der Waals surface area contributed by atoms with Crippen molar-refractivity contribution in [3.8, 4) is 0 Å². The lowest BCUT2D eigenvalue weighted by Gasteiger charge is -2.02. The molecule has 0 radical (unpaired) electrons. The van der Waals surface area contributed by atoms with E-state index < -0.39 is 5.97 Å². The summed E-state index contributed by atoms with van der Waals surface area (Å²) < 4.78 is 15.7. The van der Waals surface area contributed by atoms with Gasteiger partial charge >= 0.3 is 5.97 Å². The first-order chi connectivity index (χ1) is 9.19. The third kappa shape index (κ3) is 2.63. The van der Waals surface area contributed by atoms with E-state index in [9.17, 15) is 4.79 Å². The van der Waals surface area contributed by atoms with Gasteiger partial charge in [0.2, 0.25) is 5.76 Å². The maximum Gasteiger partial charge on any atom is 0.374 e. The predicted molar refractivity (Wildman–Crippen MR) is 72.5 cm³/mol. The number of esters is 1. The van der Waals surface area contributed by atoms with Crippen LogP contribution in [0.15, 0.2) is 22.6 Å². The van der Waals surface area contributed by atoms with Crippen LogP contribution in [0, 0.1) is 6.92 Å². The second kappa shape index (κ2) is 5.89. The summed E-state index contributed by atoms with van der Waals surface area (Å²) in [7, 11) is 1.67. The number of hydrogen-bond donors (Lipinski definition) is 0. The van der Waals surface area contributed by atoms with Crippen LogP contribution in [-0.2, 0) is 15.9 Å². The molecule has 1 aromatic heterocycles. The Kier molecular flexibility index (Phi) is 4.22. The molecule has 0 atom stereocenters.